The minimum atomic E-state index is 0.0454. The molecule has 1 aliphatic rings. The van der Waals surface area contributed by atoms with E-state index in [2.05, 4.69) is 28.8 Å². The Hall–Kier alpha value is -3.54. The normalized spacial score (nSPS) is 14.7. The summed E-state index contributed by atoms with van der Waals surface area (Å²) in [5.41, 5.74) is 4.00. The molecule has 6 heteroatoms. The van der Waals surface area contributed by atoms with Crippen LogP contribution in [-0.4, -0.2) is 40.6 Å². The number of imidazole rings is 1. The fourth-order valence-corrected chi connectivity index (χ4v) is 4.73. The number of piperidine rings is 1. The average Bonchev–Trinajstić information content (AvgIpc) is 3.51. The second kappa shape index (κ2) is 8.91. The Labute approximate surface area is 187 Å². The van der Waals surface area contributed by atoms with Gasteiger partial charge in [-0.1, -0.05) is 30.3 Å². The van der Waals surface area contributed by atoms with Gasteiger partial charge in [-0.3, -0.25) is 4.79 Å². The van der Waals surface area contributed by atoms with E-state index < -0.39 is 0 Å². The third-order valence-electron chi connectivity index (χ3n) is 6.36. The Morgan fingerprint density at radius 3 is 2.62 bits per heavy atom. The molecule has 0 radical (unpaired) electrons. The summed E-state index contributed by atoms with van der Waals surface area (Å²) in [6.07, 6.45) is 6.59. The molecule has 3 heterocycles. The van der Waals surface area contributed by atoms with Gasteiger partial charge in [0.1, 0.15) is 17.8 Å². The van der Waals surface area contributed by atoms with Crippen LogP contribution in [0.15, 0.2) is 71.5 Å². The number of aryl methyl sites for hydroxylation is 2. The van der Waals surface area contributed by atoms with Gasteiger partial charge in [-0.15, -0.1) is 0 Å². The number of para-hydroxylation sites is 3. The van der Waals surface area contributed by atoms with Crippen molar-refractivity contribution in [2.75, 3.05) is 20.2 Å². The lowest BCUT2D eigenvalue weighted by Gasteiger charge is -2.33. The lowest BCUT2D eigenvalue weighted by Crippen LogP contribution is -2.39. The second-order valence-corrected chi connectivity index (χ2v) is 8.23. The molecule has 0 saturated carbocycles. The molecule has 0 N–H and O–H groups in total. The van der Waals surface area contributed by atoms with Gasteiger partial charge in [-0.25, -0.2) is 4.98 Å². The summed E-state index contributed by atoms with van der Waals surface area (Å²) in [7, 11) is 1.71. The molecule has 0 atom stereocenters. The molecule has 0 aliphatic carbocycles. The molecule has 32 heavy (non-hydrogen) atoms. The molecule has 0 spiro atoms. The van der Waals surface area contributed by atoms with Gasteiger partial charge < -0.3 is 18.6 Å². The summed E-state index contributed by atoms with van der Waals surface area (Å²) in [5, 5.41) is 0. The molecule has 2 aromatic carbocycles. The predicted octanol–water partition coefficient (Wildman–Crippen LogP) is 4.90. The van der Waals surface area contributed by atoms with Gasteiger partial charge in [0, 0.05) is 25.6 Å². The van der Waals surface area contributed by atoms with Crippen molar-refractivity contribution in [1.82, 2.24) is 14.5 Å². The number of fused-ring (bicyclic) bond motifs is 1. The highest BCUT2D eigenvalue weighted by Crippen LogP contribution is 2.30. The Morgan fingerprint density at radius 1 is 1.06 bits per heavy atom. The van der Waals surface area contributed by atoms with Crippen molar-refractivity contribution in [2.45, 2.75) is 31.7 Å². The minimum Gasteiger partial charge on any atom is -0.496 e. The van der Waals surface area contributed by atoms with Gasteiger partial charge in [0.15, 0.2) is 0 Å². The van der Waals surface area contributed by atoms with E-state index in [-0.39, 0.29) is 5.91 Å². The van der Waals surface area contributed by atoms with Crippen molar-refractivity contribution in [3.05, 3.63) is 84.1 Å². The zero-order valence-corrected chi connectivity index (χ0v) is 18.2. The first kappa shape index (κ1) is 20.4. The number of aromatic nitrogens is 2. The minimum absolute atomic E-state index is 0.0454. The highest BCUT2D eigenvalue weighted by atomic mass is 16.5. The van der Waals surface area contributed by atoms with E-state index >= 15 is 0 Å². The zero-order valence-electron chi connectivity index (χ0n) is 18.2. The molecule has 5 rings (SSSR count). The molecule has 164 valence electrons. The van der Waals surface area contributed by atoms with Crippen LogP contribution in [0, 0.1) is 0 Å². The number of hydrogen-bond donors (Lipinski definition) is 0. The molecule has 0 bridgehead atoms. The molecular weight excluding hydrogens is 402 g/mol. The second-order valence-electron chi connectivity index (χ2n) is 8.23. The third kappa shape index (κ3) is 3.88. The van der Waals surface area contributed by atoms with Crippen LogP contribution in [0.4, 0.5) is 0 Å². The highest BCUT2D eigenvalue weighted by Gasteiger charge is 2.27. The van der Waals surface area contributed by atoms with Gasteiger partial charge in [0.25, 0.3) is 5.91 Å². The van der Waals surface area contributed by atoms with Crippen LogP contribution in [0.2, 0.25) is 0 Å². The number of carbonyl (C=O) groups excluding carboxylic acids is 1. The quantitative estimate of drug-likeness (QED) is 0.437. The predicted molar refractivity (Wildman–Crippen MR) is 123 cm³/mol. The van der Waals surface area contributed by atoms with Crippen molar-refractivity contribution in [3.8, 4) is 5.75 Å². The van der Waals surface area contributed by atoms with Crippen molar-refractivity contribution < 1.29 is 13.9 Å². The number of amides is 1. The number of rotatable bonds is 6. The maximum atomic E-state index is 12.7. The van der Waals surface area contributed by atoms with Crippen molar-refractivity contribution in [1.29, 1.82) is 0 Å². The molecule has 0 unspecified atom stereocenters. The first-order chi connectivity index (χ1) is 15.7. The Kier molecular flexibility index (Phi) is 5.67. The molecular formula is C26H27N3O3. The molecule has 6 nitrogen and oxygen atoms in total. The van der Waals surface area contributed by atoms with E-state index in [0.29, 0.717) is 11.6 Å². The molecule has 2 aromatic heterocycles. The molecule has 1 fully saturated rings. The zero-order chi connectivity index (χ0) is 21.9. The van der Waals surface area contributed by atoms with Gasteiger partial charge in [-0.05, 0) is 49.1 Å². The smallest absolute Gasteiger partial charge is 0.257 e. The van der Waals surface area contributed by atoms with Crippen molar-refractivity contribution in [2.24, 2.45) is 0 Å². The molecule has 1 saturated heterocycles. The van der Waals surface area contributed by atoms with Crippen LogP contribution < -0.4 is 4.74 Å². The average molecular weight is 430 g/mol. The summed E-state index contributed by atoms with van der Waals surface area (Å²) < 4.78 is 13.0. The summed E-state index contributed by atoms with van der Waals surface area (Å²) in [6, 6.07) is 18.6. The lowest BCUT2D eigenvalue weighted by molar-refractivity contribution is 0.0694. The lowest BCUT2D eigenvalue weighted by atomic mass is 10.0. The van der Waals surface area contributed by atoms with Gasteiger partial charge in [0.05, 0.1) is 30.0 Å². The van der Waals surface area contributed by atoms with Crippen LogP contribution in [0.5, 0.6) is 5.75 Å². The number of likely N-dealkylation sites (tertiary alicyclic amines) is 1. The van der Waals surface area contributed by atoms with Crippen LogP contribution >= 0.6 is 0 Å². The van der Waals surface area contributed by atoms with Crippen LogP contribution in [0.3, 0.4) is 0 Å². The number of furan rings is 1. The van der Waals surface area contributed by atoms with E-state index in [1.165, 1.54) is 17.3 Å². The summed E-state index contributed by atoms with van der Waals surface area (Å²) in [4.78, 5) is 19.6. The van der Waals surface area contributed by atoms with E-state index in [9.17, 15) is 4.79 Å². The standard InChI is InChI=1S/C26H27N3O3/c1-31-24-9-5-2-6-19(24)10-11-25-27-22-7-3-4-8-23(22)29(25)21-12-15-28(16-13-21)26(30)20-14-17-32-18-20/h2-9,14,17-18,21H,10-13,15-16H2,1H3. The summed E-state index contributed by atoms with van der Waals surface area (Å²) in [5.74, 6) is 2.06. The fourth-order valence-electron chi connectivity index (χ4n) is 4.73. The van der Waals surface area contributed by atoms with E-state index in [1.807, 2.05) is 29.2 Å². The van der Waals surface area contributed by atoms with Crippen LogP contribution in [0.1, 0.15) is 40.6 Å². The highest BCUT2D eigenvalue weighted by molar-refractivity contribution is 5.93. The first-order valence-corrected chi connectivity index (χ1v) is 11.1. The Bertz CT molecular complexity index is 1200. The molecule has 4 aromatic rings. The maximum absolute atomic E-state index is 12.7. The Morgan fingerprint density at radius 2 is 1.84 bits per heavy atom. The van der Waals surface area contributed by atoms with E-state index in [0.717, 1.165) is 55.9 Å². The first-order valence-electron chi connectivity index (χ1n) is 11.1. The van der Waals surface area contributed by atoms with Gasteiger partial charge in [0.2, 0.25) is 0 Å². The van der Waals surface area contributed by atoms with E-state index in [1.54, 1.807) is 19.4 Å². The largest absolute Gasteiger partial charge is 0.496 e. The third-order valence-corrected chi connectivity index (χ3v) is 6.36. The number of benzene rings is 2. The number of ether oxygens (including phenoxy) is 1. The van der Waals surface area contributed by atoms with Gasteiger partial charge in [-0.2, -0.15) is 0 Å². The topological polar surface area (TPSA) is 60.5 Å². The van der Waals surface area contributed by atoms with Crippen LogP contribution in [0.25, 0.3) is 11.0 Å². The van der Waals surface area contributed by atoms with Crippen molar-refractivity contribution >= 4 is 16.9 Å². The van der Waals surface area contributed by atoms with E-state index in [4.69, 9.17) is 14.1 Å². The van der Waals surface area contributed by atoms with Gasteiger partial charge >= 0.3 is 0 Å². The van der Waals surface area contributed by atoms with Crippen LogP contribution in [-0.2, 0) is 12.8 Å². The maximum Gasteiger partial charge on any atom is 0.257 e. The SMILES string of the molecule is COc1ccccc1CCc1nc2ccccc2n1C1CCN(C(=O)c2ccoc2)CC1. The number of hydrogen-bond acceptors (Lipinski definition) is 4. The van der Waals surface area contributed by atoms with Crippen molar-refractivity contribution in [3.63, 3.8) is 0 Å². The molecule has 1 amide bonds. The number of carbonyl (C=O) groups is 1. The molecule has 1 aliphatic heterocycles. The fraction of sp³-hybridized carbons (Fsp3) is 0.308. The summed E-state index contributed by atoms with van der Waals surface area (Å²) in [6.45, 7) is 1.46. The summed E-state index contributed by atoms with van der Waals surface area (Å²) >= 11 is 0. The number of nitrogens with zero attached hydrogens (tertiary/aromatic N) is 3. The monoisotopic (exact) mass is 429 g/mol. The Balaban J connectivity index is 1.37. The number of methoxy groups -OCH3 is 1.